The number of hydrogen-bond donors (Lipinski definition) is 2. The molecule has 0 N–H and O–H groups in total. The van der Waals surface area contributed by atoms with Gasteiger partial charge in [0.15, 0.2) is 0 Å². The summed E-state index contributed by atoms with van der Waals surface area (Å²) in [5, 5.41) is 0. The lowest BCUT2D eigenvalue weighted by atomic mass is 10.5. The maximum atomic E-state index is 3.95. The second-order valence-electron chi connectivity index (χ2n) is 1.52. The average Bonchev–Trinajstić information content (AvgIpc) is 1.90. The van der Waals surface area contributed by atoms with E-state index in [1.807, 2.05) is 30.6 Å². The Kier molecular flexibility index (Phi) is 2.24. The molecule has 0 amide bonds. The third-order valence-corrected chi connectivity index (χ3v) is 1.32. The van der Waals surface area contributed by atoms with Crippen molar-refractivity contribution in [2.75, 3.05) is 3.82 Å². The van der Waals surface area contributed by atoms with E-state index in [1.54, 1.807) is 4.68 Å². The lowest BCUT2D eigenvalue weighted by Gasteiger charge is -1.98. The highest BCUT2D eigenvalue weighted by atomic mass is 32.2. The van der Waals surface area contributed by atoms with E-state index in [2.05, 4.69) is 25.6 Å². The van der Waals surface area contributed by atoms with Crippen LogP contribution in [0.5, 0.6) is 0 Å². The van der Waals surface area contributed by atoms with Crippen LogP contribution in [0.2, 0.25) is 0 Å². The predicted octanol–water partition coefficient (Wildman–Crippen LogP) is 0.602. The fourth-order valence-electron chi connectivity index (χ4n) is 0.509. The van der Waals surface area contributed by atoms with E-state index < -0.39 is 0 Å². The van der Waals surface area contributed by atoms with Gasteiger partial charge in [0, 0.05) is 37.8 Å². The summed E-state index contributed by atoms with van der Waals surface area (Å²) in [4.78, 5) is 0. The Hall–Kier alpha value is -0.350. The standard InChI is InChI=1S/C5H7N2S2/c8-7(9)6-4-2-1-3-5-6/h1-5,8-9H/q+1. The summed E-state index contributed by atoms with van der Waals surface area (Å²) in [5.41, 5.74) is 0. The lowest BCUT2D eigenvalue weighted by Crippen LogP contribution is -2.44. The molecule has 1 aromatic heterocycles. The van der Waals surface area contributed by atoms with Gasteiger partial charge in [-0.3, -0.25) is 0 Å². The first-order valence-corrected chi connectivity index (χ1v) is 3.25. The third-order valence-electron chi connectivity index (χ3n) is 0.906. The highest BCUT2D eigenvalue weighted by molar-refractivity contribution is 7.99. The van der Waals surface area contributed by atoms with Crippen molar-refractivity contribution in [3.63, 3.8) is 0 Å². The molecule has 0 bridgehead atoms. The van der Waals surface area contributed by atoms with Gasteiger partial charge in [0.05, 0.1) is 0 Å². The minimum atomic E-state index is 1.39. The summed E-state index contributed by atoms with van der Waals surface area (Å²) >= 11 is 7.90. The highest BCUT2D eigenvalue weighted by Gasteiger charge is 1.98. The van der Waals surface area contributed by atoms with Gasteiger partial charge in [-0.25, -0.2) is 0 Å². The Labute approximate surface area is 65.2 Å². The van der Waals surface area contributed by atoms with Crippen LogP contribution in [0.3, 0.4) is 0 Å². The van der Waals surface area contributed by atoms with Crippen LogP contribution in [0.4, 0.5) is 0 Å². The molecule has 0 aromatic carbocycles. The molecule has 2 nitrogen and oxygen atoms in total. The van der Waals surface area contributed by atoms with Crippen molar-refractivity contribution in [3.8, 4) is 0 Å². The van der Waals surface area contributed by atoms with Gasteiger partial charge in [-0.1, -0.05) is 14.6 Å². The molecule has 4 heteroatoms. The topological polar surface area (TPSA) is 7.12 Å². The van der Waals surface area contributed by atoms with E-state index in [1.165, 1.54) is 3.82 Å². The largest absolute Gasteiger partial charge is 0.201 e. The molecule has 0 saturated carbocycles. The van der Waals surface area contributed by atoms with Gasteiger partial charge in [-0.2, -0.15) is 0 Å². The van der Waals surface area contributed by atoms with Crippen LogP contribution in [0.25, 0.3) is 0 Å². The fraction of sp³-hybridized carbons (Fsp3) is 0. The molecule has 0 aliphatic rings. The summed E-state index contributed by atoms with van der Waals surface area (Å²) < 4.78 is 3.12. The Bertz CT molecular complexity index is 176. The average molecular weight is 159 g/mol. The van der Waals surface area contributed by atoms with Crippen molar-refractivity contribution in [2.24, 2.45) is 0 Å². The summed E-state index contributed by atoms with van der Waals surface area (Å²) in [7, 11) is 0. The first-order chi connectivity index (χ1) is 4.30. The van der Waals surface area contributed by atoms with Crippen molar-refractivity contribution >= 4 is 25.6 Å². The van der Waals surface area contributed by atoms with Crippen molar-refractivity contribution in [1.82, 2.24) is 0 Å². The maximum absolute atomic E-state index is 3.95. The molecule has 0 aliphatic heterocycles. The van der Waals surface area contributed by atoms with Gasteiger partial charge in [-0.05, 0) is 0 Å². The molecular weight excluding hydrogens is 152 g/mol. The molecule has 0 radical (unpaired) electrons. The van der Waals surface area contributed by atoms with E-state index in [4.69, 9.17) is 0 Å². The molecule has 0 atom stereocenters. The number of aromatic nitrogens is 1. The number of pyridine rings is 1. The molecule has 1 heterocycles. The van der Waals surface area contributed by atoms with Crippen molar-refractivity contribution < 1.29 is 4.68 Å². The van der Waals surface area contributed by atoms with Crippen LogP contribution in [-0.2, 0) is 0 Å². The van der Waals surface area contributed by atoms with Gasteiger partial charge < -0.3 is 0 Å². The van der Waals surface area contributed by atoms with Crippen molar-refractivity contribution in [3.05, 3.63) is 30.6 Å². The number of nitrogens with zero attached hydrogens (tertiary/aromatic N) is 2. The smallest absolute Gasteiger partial charge is 0.0677 e. The molecule has 1 rings (SSSR count). The highest BCUT2D eigenvalue weighted by Crippen LogP contribution is 1.86. The van der Waals surface area contributed by atoms with Gasteiger partial charge in [0.25, 0.3) is 0 Å². The summed E-state index contributed by atoms with van der Waals surface area (Å²) in [6.07, 6.45) is 3.69. The number of rotatable bonds is 1. The van der Waals surface area contributed by atoms with Crippen LogP contribution >= 0.6 is 25.6 Å². The number of hydrogen-bond acceptors (Lipinski definition) is 3. The Morgan fingerprint density at radius 2 is 1.56 bits per heavy atom. The van der Waals surface area contributed by atoms with Gasteiger partial charge >= 0.3 is 0 Å². The summed E-state index contributed by atoms with van der Waals surface area (Å²) in [6, 6.07) is 5.74. The van der Waals surface area contributed by atoms with Gasteiger partial charge in [0.1, 0.15) is 0 Å². The molecule has 0 aliphatic carbocycles. The predicted molar refractivity (Wildman–Crippen MR) is 42.8 cm³/mol. The van der Waals surface area contributed by atoms with Crippen molar-refractivity contribution in [1.29, 1.82) is 0 Å². The zero-order valence-corrected chi connectivity index (χ0v) is 6.46. The van der Waals surface area contributed by atoms with Crippen LogP contribution in [-0.4, -0.2) is 0 Å². The quantitative estimate of drug-likeness (QED) is 0.450. The van der Waals surface area contributed by atoms with Gasteiger partial charge in [-0.15, -0.1) is 0 Å². The lowest BCUT2D eigenvalue weighted by molar-refractivity contribution is -0.657. The second kappa shape index (κ2) is 2.98. The first kappa shape index (κ1) is 6.77. The van der Waals surface area contributed by atoms with Crippen LogP contribution in [0.1, 0.15) is 0 Å². The Balaban J connectivity index is 2.85. The molecule has 0 spiro atoms. The molecule has 9 heavy (non-hydrogen) atoms. The maximum Gasteiger partial charge on any atom is 0.201 e. The molecule has 0 unspecified atom stereocenters. The fourth-order valence-corrected chi connectivity index (χ4v) is 0.747. The molecular formula is C5H7N2S2+. The van der Waals surface area contributed by atoms with E-state index in [9.17, 15) is 0 Å². The third kappa shape index (κ3) is 1.80. The molecule has 48 valence electrons. The monoisotopic (exact) mass is 159 g/mol. The van der Waals surface area contributed by atoms with Gasteiger partial charge in [0.2, 0.25) is 12.4 Å². The van der Waals surface area contributed by atoms with E-state index >= 15 is 0 Å². The molecule has 1 aromatic rings. The van der Waals surface area contributed by atoms with Crippen LogP contribution in [0, 0.1) is 0 Å². The van der Waals surface area contributed by atoms with E-state index in [0.717, 1.165) is 0 Å². The van der Waals surface area contributed by atoms with Crippen molar-refractivity contribution in [2.45, 2.75) is 0 Å². The Morgan fingerprint density at radius 3 is 1.89 bits per heavy atom. The number of thiol groups is 2. The minimum absolute atomic E-state index is 1.39. The first-order valence-electron chi connectivity index (χ1n) is 2.45. The zero-order valence-electron chi connectivity index (χ0n) is 4.68. The van der Waals surface area contributed by atoms with Crippen LogP contribution in [0.15, 0.2) is 30.6 Å². The normalized spacial score (nSPS) is 9.11. The SMILES string of the molecule is SN(S)[n+]1ccccc1. The van der Waals surface area contributed by atoms with E-state index in [0.29, 0.717) is 0 Å². The molecule has 0 saturated heterocycles. The minimum Gasteiger partial charge on any atom is -0.0677 e. The van der Waals surface area contributed by atoms with Crippen LogP contribution < -0.4 is 8.50 Å². The Morgan fingerprint density at radius 1 is 1.00 bits per heavy atom. The summed E-state index contributed by atoms with van der Waals surface area (Å²) in [6.45, 7) is 0. The summed E-state index contributed by atoms with van der Waals surface area (Å²) in [5.74, 6) is 0. The molecule has 0 fully saturated rings. The zero-order chi connectivity index (χ0) is 6.69. The van der Waals surface area contributed by atoms with E-state index in [-0.39, 0.29) is 0 Å². The second-order valence-corrected chi connectivity index (χ2v) is 2.60.